The van der Waals surface area contributed by atoms with Crippen molar-refractivity contribution in [3.05, 3.63) is 100 Å². The Kier molecular flexibility index (Phi) is 5.68. The molecule has 0 saturated heterocycles. The number of amides is 1. The first-order valence-corrected chi connectivity index (χ1v) is 10.0. The summed E-state index contributed by atoms with van der Waals surface area (Å²) < 4.78 is 5.52. The number of alkyl carbamates (subject to hydrolysis) is 1. The first-order chi connectivity index (χ1) is 14.1. The summed E-state index contributed by atoms with van der Waals surface area (Å²) in [4.78, 5) is 12.1. The van der Waals surface area contributed by atoms with Crippen molar-refractivity contribution in [2.45, 2.75) is 12.8 Å². The predicted molar refractivity (Wildman–Crippen MR) is 118 cm³/mol. The summed E-state index contributed by atoms with van der Waals surface area (Å²) in [6.45, 7) is 2.67. The lowest BCUT2D eigenvalue weighted by atomic mass is 9.98. The summed E-state index contributed by atoms with van der Waals surface area (Å²) in [7, 11) is 0. The van der Waals surface area contributed by atoms with Gasteiger partial charge in [0.25, 0.3) is 0 Å². The van der Waals surface area contributed by atoms with Crippen LogP contribution in [0.4, 0.5) is 4.79 Å². The van der Waals surface area contributed by atoms with Crippen molar-refractivity contribution < 1.29 is 9.53 Å². The standard InChI is InChI=1S/C25H22ClNO2/c1-17-12-13-18(15-24(17)26)7-6-14-27-25(28)29-16-23-21-10-4-2-8-19(21)20-9-3-5-11-22(20)23/h2-13,15,23H,14,16H2,1H3,(H,27,28). The summed E-state index contributed by atoms with van der Waals surface area (Å²) in [6, 6.07) is 22.5. The van der Waals surface area contributed by atoms with Gasteiger partial charge in [-0.25, -0.2) is 4.79 Å². The number of halogens is 1. The molecule has 3 aromatic rings. The minimum atomic E-state index is -0.418. The SMILES string of the molecule is Cc1ccc(C=CCNC(=O)OCC2c3ccccc3-c3ccccc32)cc1Cl. The fraction of sp³-hybridized carbons (Fsp3) is 0.160. The van der Waals surface area contributed by atoms with E-state index < -0.39 is 6.09 Å². The second-order valence-electron chi connectivity index (χ2n) is 7.12. The molecule has 1 aliphatic rings. The average Bonchev–Trinajstić information content (AvgIpc) is 3.06. The van der Waals surface area contributed by atoms with Gasteiger partial charge >= 0.3 is 6.09 Å². The van der Waals surface area contributed by atoms with E-state index in [0.717, 1.165) is 16.1 Å². The molecule has 0 radical (unpaired) electrons. The molecule has 0 fully saturated rings. The van der Waals surface area contributed by atoms with Crippen molar-refractivity contribution in [1.29, 1.82) is 0 Å². The lowest BCUT2D eigenvalue weighted by Crippen LogP contribution is -2.26. The van der Waals surface area contributed by atoms with Crippen molar-refractivity contribution in [2.24, 2.45) is 0 Å². The van der Waals surface area contributed by atoms with Gasteiger partial charge in [0, 0.05) is 17.5 Å². The molecule has 0 unspecified atom stereocenters. The van der Waals surface area contributed by atoms with E-state index in [1.165, 1.54) is 22.3 Å². The Hall–Kier alpha value is -3.04. The van der Waals surface area contributed by atoms with Crippen LogP contribution in [0.15, 0.2) is 72.8 Å². The number of rotatable bonds is 5. The minimum Gasteiger partial charge on any atom is -0.449 e. The maximum atomic E-state index is 12.1. The number of hydrogen-bond acceptors (Lipinski definition) is 2. The molecule has 1 N–H and O–H groups in total. The second-order valence-corrected chi connectivity index (χ2v) is 7.52. The molecule has 0 aromatic heterocycles. The van der Waals surface area contributed by atoms with Crippen molar-refractivity contribution in [3.8, 4) is 11.1 Å². The number of hydrogen-bond donors (Lipinski definition) is 1. The third kappa shape index (κ3) is 4.20. The fourth-order valence-electron chi connectivity index (χ4n) is 3.70. The van der Waals surface area contributed by atoms with Crippen LogP contribution in [0.3, 0.4) is 0 Å². The molecular formula is C25H22ClNO2. The molecule has 0 saturated carbocycles. The first-order valence-electron chi connectivity index (χ1n) is 9.65. The van der Waals surface area contributed by atoms with Crippen LogP contribution in [0.1, 0.15) is 28.2 Å². The lowest BCUT2D eigenvalue weighted by Gasteiger charge is -2.14. The molecular weight excluding hydrogens is 382 g/mol. The normalized spacial score (nSPS) is 12.6. The zero-order chi connectivity index (χ0) is 20.2. The van der Waals surface area contributed by atoms with E-state index in [9.17, 15) is 4.79 Å². The van der Waals surface area contributed by atoms with Crippen LogP contribution in [-0.4, -0.2) is 19.2 Å². The molecule has 0 bridgehead atoms. The Morgan fingerprint density at radius 2 is 1.69 bits per heavy atom. The molecule has 3 aromatic carbocycles. The molecule has 4 heteroatoms. The number of ether oxygens (including phenoxy) is 1. The highest BCUT2D eigenvalue weighted by atomic mass is 35.5. The maximum Gasteiger partial charge on any atom is 0.407 e. The Bertz CT molecular complexity index is 1030. The molecule has 3 nitrogen and oxygen atoms in total. The van der Waals surface area contributed by atoms with Gasteiger partial charge in [-0.15, -0.1) is 0 Å². The van der Waals surface area contributed by atoms with Gasteiger partial charge in [0.05, 0.1) is 0 Å². The van der Waals surface area contributed by atoms with Gasteiger partial charge < -0.3 is 10.1 Å². The van der Waals surface area contributed by atoms with Gasteiger partial charge in [-0.3, -0.25) is 0 Å². The van der Waals surface area contributed by atoms with E-state index in [2.05, 4.69) is 29.6 Å². The van der Waals surface area contributed by atoms with Crippen molar-refractivity contribution >= 4 is 23.8 Å². The number of aryl methyl sites for hydroxylation is 1. The van der Waals surface area contributed by atoms with E-state index in [0.29, 0.717) is 13.2 Å². The average molecular weight is 404 g/mol. The van der Waals surface area contributed by atoms with Gasteiger partial charge in [-0.2, -0.15) is 0 Å². The molecule has 0 heterocycles. The first kappa shape index (κ1) is 19.3. The van der Waals surface area contributed by atoms with Crippen LogP contribution in [0.25, 0.3) is 17.2 Å². The fourth-order valence-corrected chi connectivity index (χ4v) is 3.89. The molecule has 146 valence electrons. The third-order valence-corrected chi connectivity index (χ3v) is 5.62. The number of benzene rings is 3. The molecule has 0 spiro atoms. The van der Waals surface area contributed by atoms with E-state index in [4.69, 9.17) is 16.3 Å². The highest BCUT2D eigenvalue weighted by Crippen LogP contribution is 2.44. The maximum absolute atomic E-state index is 12.1. The van der Waals surface area contributed by atoms with Gasteiger partial charge in [0.1, 0.15) is 6.61 Å². The molecule has 4 rings (SSSR count). The topological polar surface area (TPSA) is 38.3 Å². The van der Waals surface area contributed by atoms with Crippen LogP contribution < -0.4 is 5.32 Å². The van der Waals surface area contributed by atoms with E-state index in [1.807, 2.05) is 61.5 Å². The minimum absolute atomic E-state index is 0.0680. The molecule has 1 aliphatic carbocycles. The summed E-state index contributed by atoms with van der Waals surface area (Å²) in [6.07, 6.45) is 3.38. The van der Waals surface area contributed by atoms with Crippen molar-refractivity contribution in [2.75, 3.05) is 13.2 Å². The van der Waals surface area contributed by atoms with Crippen LogP contribution in [0.5, 0.6) is 0 Å². The van der Waals surface area contributed by atoms with Crippen molar-refractivity contribution in [1.82, 2.24) is 5.32 Å². The van der Waals surface area contributed by atoms with Gasteiger partial charge in [-0.05, 0) is 46.4 Å². The van der Waals surface area contributed by atoms with Crippen LogP contribution >= 0.6 is 11.6 Å². The van der Waals surface area contributed by atoms with Crippen molar-refractivity contribution in [3.63, 3.8) is 0 Å². The number of carbonyl (C=O) groups is 1. The highest BCUT2D eigenvalue weighted by molar-refractivity contribution is 6.31. The summed E-state index contributed by atoms with van der Waals surface area (Å²) in [5, 5.41) is 3.50. The lowest BCUT2D eigenvalue weighted by molar-refractivity contribution is 0.144. The Morgan fingerprint density at radius 3 is 2.34 bits per heavy atom. The van der Waals surface area contributed by atoms with E-state index >= 15 is 0 Å². The Labute approximate surface area is 176 Å². The number of carbonyl (C=O) groups excluding carboxylic acids is 1. The van der Waals surface area contributed by atoms with E-state index in [-0.39, 0.29) is 5.92 Å². The third-order valence-electron chi connectivity index (χ3n) is 5.21. The highest BCUT2D eigenvalue weighted by Gasteiger charge is 2.28. The van der Waals surface area contributed by atoms with Gasteiger partial charge in [-0.1, -0.05) is 84.4 Å². The quantitative estimate of drug-likeness (QED) is 0.550. The zero-order valence-corrected chi connectivity index (χ0v) is 16.9. The largest absolute Gasteiger partial charge is 0.449 e. The summed E-state index contributed by atoms with van der Waals surface area (Å²) in [5.41, 5.74) is 6.89. The second kappa shape index (κ2) is 8.54. The number of fused-ring (bicyclic) bond motifs is 3. The Balaban J connectivity index is 1.33. The van der Waals surface area contributed by atoms with Crippen LogP contribution in [0, 0.1) is 6.92 Å². The zero-order valence-electron chi connectivity index (χ0n) is 16.2. The van der Waals surface area contributed by atoms with Crippen LogP contribution in [-0.2, 0) is 4.74 Å². The van der Waals surface area contributed by atoms with Crippen LogP contribution in [0.2, 0.25) is 5.02 Å². The Morgan fingerprint density at radius 1 is 1.03 bits per heavy atom. The van der Waals surface area contributed by atoms with Gasteiger partial charge in [0.2, 0.25) is 0 Å². The monoisotopic (exact) mass is 403 g/mol. The molecule has 0 atom stereocenters. The van der Waals surface area contributed by atoms with E-state index in [1.54, 1.807) is 0 Å². The van der Waals surface area contributed by atoms with Gasteiger partial charge in [0.15, 0.2) is 0 Å². The smallest absolute Gasteiger partial charge is 0.407 e. The summed E-state index contributed by atoms with van der Waals surface area (Å²) >= 11 is 6.13. The number of nitrogens with one attached hydrogen (secondary N) is 1. The molecule has 0 aliphatic heterocycles. The molecule has 29 heavy (non-hydrogen) atoms. The summed E-state index contributed by atoms with van der Waals surface area (Å²) in [5.74, 6) is 0.0680. The molecule has 1 amide bonds. The predicted octanol–water partition coefficient (Wildman–Crippen LogP) is 6.20.